The van der Waals surface area contributed by atoms with Crippen LogP contribution >= 0.6 is 0 Å². The number of nitrogens with one attached hydrogen (secondary N) is 1. The van der Waals surface area contributed by atoms with Gasteiger partial charge in [-0.3, -0.25) is 14.6 Å². The molecule has 0 bridgehead atoms. The van der Waals surface area contributed by atoms with Gasteiger partial charge in [0, 0.05) is 31.9 Å². The van der Waals surface area contributed by atoms with E-state index in [4.69, 9.17) is 5.11 Å². The Morgan fingerprint density at radius 3 is 2.70 bits per heavy atom. The lowest BCUT2D eigenvalue weighted by molar-refractivity contribution is -0.137. The molecule has 7 heteroatoms. The van der Waals surface area contributed by atoms with E-state index in [0.717, 1.165) is 12.2 Å². The minimum Gasteiger partial charge on any atom is -0.481 e. The zero-order valence-corrected chi connectivity index (χ0v) is 13.2. The molecule has 2 fully saturated rings. The van der Waals surface area contributed by atoms with Crippen LogP contribution in [0.3, 0.4) is 0 Å². The molecule has 23 heavy (non-hydrogen) atoms. The number of carbonyl (C=O) groups is 2. The number of hydrogen-bond acceptors (Lipinski definition) is 5. The van der Waals surface area contributed by atoms with E-state index >= 15 is 0 Å². The van der Waals surface area contributed by atoms with Crippen molar-refractivity contribution in [3.63, 3.8) is 0 Å². The number of carboxylic acids is 1. The average molecular weight is 318 g/mol. The number of aryl methyl sites for hydroxylation is 1. The molecule has 0 aromatic carbocycles. The second-order valence-electron chi connectivity index (χ2n) is 6.53. The Balaban J connectivity index is 1.61. The standard InChI is InChI=1S/C16H22N4O3/c1-10-6-18-13(7-17-10)16(23)19-14-9-20(5-4-15(21)22)8-12(14)11-2-3-11/h6-7,11-12,14H,2-5,8-9H2,1H3,(H,19,23)(H,21,22)/t12-,14+/m1/s1. The van der Waals surface area contributed by atoms with E-state index in [1.165, 1.54) is 19.0 Å². The Morgan fingerprint density at radius 2 is 2.09 bits per heavy atom. The van der Waals surface area contributed by atoms with Crippen molar-refractivity contribution >= 4 is 11.9 Å². The van der Waals surface area contributed by atoms with Crippen molar-refractivity contribution in [2.45, 2.75) is 32.2 Å². The van der Waals surface area contributed by atoms with Crippen molar-refractivity contribution in [2.75, 3.05) is 19.6 Å². The Morgan fingerprint density at radius 1 is 1.30 bits per heavy atom. The molecule has 1 saturated heterocycles. The maximum atomic E-state index is 12.3. The molecule has 1 aromatic rings. The molecule has 7 nitrogen and oxygen atoms in total. The van der Waals surface area contributed by atoms with Crippen LogP contribution in [-0.4, -0.2) is 57.5 Å². The minimum absolute atomic E-state index is 0.0619. The lowest BCUT2D eigenvalue weighted by atomic mass is 9.98. The normalized spacial score (nSPS) is 24.6. The highest BCUT2D eigenvalue weighted by Gasteiger charge is 2.43. The van der Waals surface area contributed by atoms with Crippen LogP contribution in [0.5, 0.6) is 0 Å². The molecule has 0 unspecified atom stereocenters. The first kappa shape index (κ1) is 15.9. The lowest BCUT2D eigenvalue weighted by Gasteiger charge is -2.19. The van der Waals surface area contributed by atoms with Gasteiger partial charge in [0.25, 0.3) is 5.91 Å². The number of hydrogen-bond donors (Lipinski definition) is 2. The van der Waals surface area contributed by atoms with Crippen molar-refractivity contribution in [1.29, 1.82) is 0 Å². The largest absolute Gasteiger partial charge is 0.481 e. The van der Waals surface area contributed by atoms with Gasteiger partial charge in [-0.05, 0) is 31.6 Å². The summed E-state index contributed by atoms with van der Waals surface area (Å²) in [6, 6.07) is 0.0619. The summed E-state index contributed by atoms with van der Waals surface area (Å²) < 4.78 is 0. The highest BCUT2D eigenvalue weighted by molar-refractivity contribution is 5.92. The zero-order chi connectivity index (χ0) is 16.4. The van der Waals surface area contributed by atoms with Gasteiger partial charge < -0.3 is 15.3 Å². The summed E-state index contributed by atoms with van der Waals surface area (Å²) in [5.74, 6) is 0.0778. The topological polar surface area (TPSA) is 95.4 Å². The summed E-state index contributed by atoms with van der Waals surface area (Å²) in [4.78, 5) is 33.5. The predicted molar refractivity (Wildman–Crippen MR) is 82.9 cm³/mol. The smallest absolute Gasteiger partial charge is 0.304 e. The van der Waals surface area contributed by atoms with E-state index in [1.54, 1.807) is 6.20 Å². The predicted octanol–water partition coefficient (Wildman–Crippen LogP) is 0.700. The summed E-state index contributed by atoms with van der Waals surface area (Å²) in [5, 5.41) is 11.9. The molecular weight excluding hydrogens is 296 g/mol. The van der Waals surface area contributed by atoms with Crippen molar-refractivity contribution in [3.8, 4) is 0 Å². The molecule has 2 heterocycles. The van der Waals surface area contributed by atoms with E-state index in [0.29, 0.717) is 30.6 Å². The number of nitrogens with zero attached hydrogens (tertiary/aromatic N) is 3. The van der Waals surface area contributed by atoms with Gasteiger partial charge in [-0.25, -0.2) is 4.98 Å². The Kier molecular flexibility index (Phi) is 4.56. The van der Waals surface area contributed by atoms with Crippen LogP contribution < -0.4 is 5.32 Å². The monoisotopic (exact) mass is 318 g/mol. The Labute approximate surface area is 135 Å². The van der Waals surface area contributed by atoms with Crippen LogP contribution in [0.25, 0.3) is 0 Å². The third-order valence-corrected chi connectivity index (χ3v) is 4.64. The van der Waals surface area contributed by atoms with Crippen LogP contribution in [-0.2, 0) is 4.79 Å². The first-order valence-electron chi connectivity index (χ1n) is 8.06. The molecule has 2 aliphatic rings. The van der Waals surface area contributed by atoms with Gasteiger partial charge in [-0.15, -0.1) is 0 Å². The summed E-state index contributed by atoms with van der Waals surface area (Å²) in [5.41, 5.74) is 1.10. The summed E-state index contributed by atoms with van der Waals surface area (Å²) in [6.45, 7) is 3.94. The zero-order valence-electron chi connectivity index (χ0n) is 13.2. The van der Waals surface area contributed by atoms with Gasteiger partial charge >= 0.3 is 5.97 Å². The number of carboxylic acid groups (broad SMARTS) is 1. The molecule has 1 aliphatic heterocycles. The first-order valence-corrected chi connectivity index (χ1v) is 8.06. The van der Waals surface area contributed by atoms with Crippen LogP contribution in [0.15, 0.2) is 12.4 Å². The highest BCUT2D eigenvalue weighted by Crippen LogP contribution is 2.41. The SMILES string of the molecule is Cc1cnc(C(=O)N[C@H]2CN(CCC(=O)O)C[C@@H]2C2CC2)cn1. The van der Waals surface area contributed by atoms with Crippen molar-refractivity contribution < 1.29 is 14.7 Å². The second-order valence-corrected chi connectivity index (χ2v) is 6.53. The maximum absolute atomic E-state index is 12.3. The van der Waals surface area contributed by atoms with Crippen LogP contribution in [0, 0.1) is 18.8 Å². The van der Waals surface area contributed by atoms with Gasteiger partial charge in [-0.2, -0.15) is 0 Å². The first-order chi connectivity index (χ1) is 11.0. The number of aliphatic carboxylic acids is 1. The van der Waals surface area contributed by atoms with E-state index < -0.39 is 5.97 Å². The number of likely N-dealkylation sites (tertiary alicyclic amines) is 1. The average Bonchev–Trinajstić information content (AvgIpc) is 3.28. The minimum atomic E-state index is -0.782. The van der Waals surface area contributed by atoms with E-state index in [2.05, 4.69) is 20.2 Å². The fourth-order valence-corrected chi connectivity index (χ4v) is 3.26. The molecule has 0 spiro atoms. The fraction of sp³-hybridized carbons (Fsp3) is 0.625. The summed E-state index contributed by atoms with van der Waals surface area (Å²) in [6.07, 6.45) is 5.62. The van der Waals surface area contributed by atoms with Crippen LogP contribution in [0.2, 0.25) is 0 Å². The molecule has 2 N–H and O–H groups in total. The van der Waals surface area contributed by atoms with Gasteiger partial charge in [0.1, 0.15) is 5.69 Å². The Hall–Kier alpha value is -2.02. The van der Waals surface area contributed by atoms with E-state index in [9.17, 15) is 9.59 Å². The van der Waals surface area contributed by atoms with E-state index in [-0.39, 0.29) is 18.4 Å². The van der Waals surface area contributed by atoms with Crippen molar-refractivity contribution in [3.05, 3.63) is 23.8 Å². The molecule has 1 amide bonds. The third-order valence-electron chi connectivity index (χ3n) is 4.64. The molecule has 1 aromatic heterocycles. The number of rotatable bonds is 6. The fourth-order valence-electron chi connectivity index (χ4n) is 3.26. The molecular formula is C16H22N4O3. The number of carbonyl (C=O) groups excluding carboxylic acids is 1. The number of amides is 1. The van der Waals surface area contributed by atoms with Crippen molar-refractivity contribution in [1.82, 2.24) is 20.2 Å². The van der Waals surface area contributed by atoms with Gasteiger partial charge in [0.2, 0.25) is 0 Å². The molecule has 1 aliphatic carbocycles. The second kappa shape index (κ2) is 6.62. The summed E-state index contributed by atoms with van der Waals surface area (Å²) >= 11 is 0. The number of aromatic nitrogens is 2. The van der Waals surface area contributed by atoms with Gasteiger partial charge in [-0.1, -0.05) is 0 Å². The third kappa shape index (κ3) is 4.04. The van der Waals surface area contributed by atoms with E-state index in [1.807, 2.05) is 6.92 Å². The molecule has 1 saturated carbocycles. The Bertz CT molecular complexity index is 585. The van der Waals surface area contributed by atoms with Gasteiger partial charge in [0.15, 0.2) is 0 Å². The van der Waals surface area contributed by atoms with Crippen LogP contribution in [0.4, 0.5) is 0 Å². The van der Waals surface area contributed by atoms with Crippen molar-refractivity contribution in [2.24, 2.45) is 11.8 Å². The quantitative estimate of drug-likeness (QED) is 0.801. The van der Waals surface area contributed by atoms with Gasteiger partial charge in [0.05, 0.1) is 18.3 Å². The molecule has 3 rings (SSSR count). The summed E-state index contributed by atoms with van der Waals surface area (Å²) in [7, 11) is 0. The van der Waals surface area contributed by atoms with Crippen LogP contribution in [0.1, 0.15) is 35.4 Å². The molecule has 2 atom stereocenters. The maximum Gasteiger partial charge on any atom is 0.304 e. The lowest BCUT2D eigenvalue weighted by Crippen LogP contribution is -2.41. The highest BCUT2D eigenvalue weighted by atomic mass is 16.4. The molecule has 124 valence electrons. The molecule has 0 radical (unpaired) electrons.